The third kappa shape index (κ3) is 2.81. The van der Waals surface area contributed by atoms with Crippen LogP contribution in [0.2, 0.25) is 5.02 Å². The van der Waals surface area contributed by atoms with Crippen molar-refractivity contribution in [2.75, 3.05) is 6.61 Å². The fraction of sp³-hybridized carbons (Fsp3) is 0.273. The van der Waals surface area contributed by atoms with E-state index in [0.717, 1.165) is 5.69 Å². The molecule has 6 heteroatoms. The van der Waals surface area contributed by atoms with Gasteiger partial charge in [-0.2, -0.15) is 0 Å². The van der Waals surface area contributed by atoms with Gasteiger partial charge in [0.25, 0.3) is 0 Å². The lowest BCUT2D eigenvalue weighted by molar-refractivity contribution is 0.288. The van der Waals surface area contributed by atoms with Crippen LogP contribution in [0.15, 0.2) is 24.4 Å². The monoisotopic (exact) mass is 255 g/mol. The van der Waals surface area contributed by atoms with Gasteiger partial charge < -0.3 is 5.11 Å². The van der Waals surface area contributed by atoms with E-state index in [2.05, 4.69) is 10.3 Å². The number of hydrogen-bond acceptors (Lipinski definition) is 3. The van der Waals surface area contributed by atoms with Crippen molar-refractivity contribution in [3.8, 4) is 5.69 Å². The van der Waals surface area contributed by atoms with Crippen LogP contribution in [-0.2, 0) is 6.42 Å². The van der Waals surface area contributed by atoms with Crippen LogP contribution in [0.1, 0.15) is 12.1 Å². The van der Waals surface area contributed by atoms with Crippen molar-refractivity contribution in [3.63, 3.8) is 0 Å². The summed E-state index contributed by atoms with van der Waals surface area (Å²) < 4.78 is 14.4. The van der Waals surface area contributed by atoms with E-state index in [1.807, 2.05) is 0 Å². The molecule has 17 heavy (non-hydrogen) atoms. The van der Waals surface area contributed by atoms with Gasteiger partial charge in [0.1, 0.15) is 5.82 Å². The van der Waals surface area contributed by atoms with Crippen molar-refractivity contribution in [2.45, 2.75) is 12.8 Å². The molecule has 0 saturated carbocycles. The van der Waals surface area contributed by atoms with Crippen LogP contribution in [0, 0.1) is 5.82 Å². The fourth-order valence-corrected chi connectivity index (χ4v) is 1.71. The molecule has 0 saturated heterocycles. The Hall–Kier alpha value is -1.46. The topological polar surface area (TPSA) is 50.9 Å². The highest BCUT2D eigenvalue weighted by atomic mass is 35.5. The maximum atomic E-state index is 12.9. The number of hydrogen-bond donors (Lipinski definition) is 1. The molecule has 1 N–H and O–H groups in total. The Morgan fingerprint density at radius 1 is 1.41 bits per heavy atom. The second-order valence-corrected chi connectivity index (χ2v) is 3.98. The van der Waals surface area contributed by atoms with Gasteiger partial charge >= 0.3 is 0 Å². The van der Waals surface area contributed by atoms with Crippen molar-refractivity contribution in [3.05, 3.63) is 40.9 Å². The number of rotatable bonds is 4. The molecule has 90 valence electrons. The highest BCUT2D eigenvalue weighted by Crippen LogP contribution is 2.20. The van der Waals surface area contributed by atoms with Crippen molar-refractivity contribution >= 4 is 11.6 Å². The number of halogens is 2. The maximum Gasteiger partial charge on any atom is 0.124 e. The molecule has 4 nitrogen and oxygen atoms in total. The Bertz CT molecular complexity index is 515. The van der Waals surface area contributed by atoms with E-state index in [-0.39, 0.29) is 17.4 Å². The van der Waals surface area contributed by atoms with E-state index in [4.69, 9.17) is 16.7 Å². The number of aryl methyl sites for hydroxylation is 1. The summed E-state index contributed by atoms with van der Waals surface area (Å²) in [5.74, 6) is -0.389. The van der Waals surface area contributed by atoms with E-state index in [1.54, 1.807) is 12.3 Å². The van der Waals surface area contributed by atoms with Crippen LogP contribution >= 0.6 is 11.6 Å². The molecule has 1 aromatic heterocycles. The van der Waals surface area contributed by atoms with Crippen LogP contribution in [0.25, 0.3) is 5.69 Å². The van der Waals surface area contributed by atoms with Gasteiger partial charge in [0.05, 0.1) is 22.6 Å². The molecule has 1 heterocycles. The lowest BCUT2D eigenvalue weighted by Crippen LogP contribution is -1.96. The first-order valence-electron chi connectivity index (χ1n) is 5.18. The smallest absolute Gasteiger partial charge is 0.124 e. The van der Waals surface area contributed by atoms with Crippen molar-refractivity contribution in [1.29, 1.82) is 0 Å². The molecule has 0 atom stereocenters. The lowest BCUT2D eigenvalue weighted by atomic mass is 10.2. The summed E-state index contributed by atoms with van der Waals surface area (Å²) in [5, 5.41) is 16.8. The number of benzene rings is 1. The van der Waals surface area contributed by atoms with E-state index in [9.17, 15) is 4.39 Å². The highest BCUT2D eigenvalue weighted by Gasteiger charge is 2.07. The van der Waals surface area contributed by atoms with E-state index in [0.29, 0.717) is 18.5 Å². The summed E-state index contributed by atoms with van der Waals surface area (Å²) in [4.78, 5) is 0. The summed E-state index contributed by atoms with van der Waals surface area (Å²) in [7, 11) is 0. The first-order valence-corrected chi connectivity index (χ1v) is 5.56. The maximum absolute atomic E-state index is 12.9. The van der Waals surface area contributed by atoms with Gasteiger partial charge in [-0.15, -0.1) is 5.10 Å². The van der Waals surface area contributed by atoms with Gasteiger partial charge in [-0.05, 0) is 31.0 Å². The second-order valence-electron chi connectivity index (χ2n) is 3.58. The number of aliphatic hydroxyl groups is 1. The molecule has 0 fully saturated rings. The minimum Gasteiger partial charge on any atom is -0.396 e. The minimum atomic E-state index is -0.389. The Kier molecular flexibility index (Phi) is 3.71. The Balaban J connectivity index is 2.24. The number of nitrogens with zero attached hydrogens (tertiary/aromatic N) is 3. The summed E-state index contributed by atoms with van der Waals surface area (Å²) in [6, 6.07) is 4.09. The summed E-state index contributed by atoms with van der Waals surface area (Å²) in [6.45, 7) is 0.115. The molecule has 0 aliphatic carbocycles. The molecule has 2 rings (SSSR count). The Labute approximate surface area is 103 Å². The predicted octanol–water partition coefficient (Wildman–Crippen LogP) is 1.98. The van der Waals surface area contributed by atoms with Gasteiger partial charge in [-0.25, -0.2) is 9.07 Å². The number of aromatic nitrogens is 3. The van der Waals surface area contributed by atoms with Crippen molar-refractivity contribution < 1.29 is 9.50 Å². The predicted molar refractivity (Wildman–Crippen MR) is 61.7 cm³/mol. The average Bonchev–Trinajstić information content (AvgIpc) is 2.75. The molecular formula is C11H11ClFN3O. The molecule has 0 bridgehead atoms. The van der Waals surface area contributed by atoms with Gasteiger partial charge in [0, 0.05) is 6.61 Å². The molecule has 0 aliphatic heterocycles. The number of aliphatic hydroxyl groups excluding tert-OH is 1. The van der Waals surface area contributed by atoms with E-state index >= 15 is 0 Å². The third-order valence-corrected chi connectivity index (χ3v) is 2.59. The molecular weight excluding hydrogens is 245 g/mol. The standard InChI is InChI=1S/C11H11ClFN3O/c12-10-6-8(13)3-4-11(10)16-7-9(14-15-16)2-1-5-17/h3-4,6-7,17H,1-2,5H2. The van der Waals surface area contributed by atoms with Gasteiger partial charge in [0.2, 0.25) is 0 Å². The van der Waals surface area contributed by atoms with Crippen molar-refractivity contribution in [2.24, 2.45) is 0 Å². The SMILES string of the molecule is OCCCc1cn(-c2ccc(F)cc2Cl)nn1. The van der Waals surface area contributed by atoms with Crippen LogP contribution in [0.3, 0.4) is 0 Å². The average molecular weight is 256 g/mol. The lowest BCUT2D eigenvalue weighted by Gasteiger charge is -2.02. The van der Waals surface area contributed by atoms with E-state index < -0.39 is 0 Å². The summed E-state index contributed by atoms with van der Waals surface area (Å²) >= 11 is 5.91. The zero-order valence-electron chi connectivity index (χ0n) is 8.98. The first kappa shape index (κ1) is 12.0. The zero-order chi connectivity index (χ0) is 12.3. The summed E-state index contributed by atoms with van der Waals surface area (Å²) in [6.07, 6.45) is 3.00. The normalized spacial score (nSPS) is 10.8. The molecule has 0 unspecified atom stereocenters. The largest absolute Gasteiger partial charge is 0.396 e. The minimum absolute atomic E-state index is 0.115. The molecule has 0 amide bonds. The molecule has 0 spiro atoms. The molecule has 2 aromatic rings. The van der Waals surface area contributed by atoms with Crippen LogP contribution in [0.4, 0.5) is 4.39 Å². The molecule has 0 radical (unpaired) electrons. The van der Waals surface area contributed by atoms with Crippen LogP contribution in [-0.4, -0.2) is 26.7 Å². The van der Waals surface area contributed by atoms with E-state index in [1.165, 1.54) is 16.8 Å². The van der Waals surface area contributed by atoms with Gasteiger partial charge in [0.15, 0.2) is 0 Å². The molecule has 0 aliphatic rings. The van der Waals surface area contributed by atoms with Gasteiger partial charge in [-0.3, -0.25) is 0 Å². The second kappa shape index (κ2) is 5.25. The highest BCUT2D eigenvalue weighted by molar-refractivity contribution is 6.32. The van der Waals surface area contributed by atoms with Crippen LogP contribution in [0.5, 0.6) is 0 Å². The Morgan fingerprint density at radius 3 is 2.94 bits per heavy atom. The summed E-state index contributed by atoms with van der Waals surface area (Å²) in [5.41, 5.74) is 1.34. The quantitative estimate of drug-likeness (QED) is 0.909. The van der Waals surface area contributed by atoms with Crippen LogP contribution < -0.4 is 0 Å². The fourth-order valence-electron chi connectivity index (χ4n) is 1.46. The first-order chi connectivity index (χ1) is 8.20. The van der Waals surface area contributed by atoms with Crippen molar-refractivity contribution in [1.82, 2.24) is 15.0 Å². The van der Waals surface area contributed by atoms with Gasteiger partial charge in [-0.1, -0.05) is 16.8 Å². The molecule has 1 aromatic carbocycles. The third-order valence-electron chi connectivity index (χ3n) is 2.29. The zero-order valence-corrected chi connectivity index (χ0v) is 9.73. The Morgan fingerprint density at radius 2 is 2.24 bits per heavy atom.